The third-order valence-corrected chi connectivity index (χ3v) is 4.06. The van der Waals surface area contributed by atoms with Crippen molar-refractivity contribution in [2.45, 2.75) is 46.2 Å². The van der Waals surface area contributed by atoms with Gasteiger partial charge in [0.2, 0.25) is 0 Å². The molecule has 0 saturated carbocycles. The molecule has 0 aliphatic carbocycles. The fourth-order valence-corrected chi connectivity index (χ4v) is 2.74. The van der Waals surface area contributed by atoms with Crippen LogP contribution in [0.2, 0.25) is 0 Å². The van der Waals surface area contributed by atoms with Gasteiger partial charge >= 0.3 is 0 Å². The molecule has 1 fully saturated rings. The van der Waals surface area contributed by atoms with Crippen molar-refractivity contribution in [1.82, 2.24) is 20.9 Å². The van der Waals surface area contributed by atoms with Crippen LogP contribution in [0.5, 0.6) is 0 Å². The Hall–Kier alpha value is -0.850. The van der Waals surface area contributed by atoms with Crippen molar-refractivity contribution in [3.8, 4) is 0 Å². The number of morpholine rings is 1. The summed E-state index contributed by atoms with van der Waals surface area (Å²) in [5.41, 5.74) is 0.150. The molecule has 0 amide bonds. The van der Waals surface area contributed by atoms with E-state index in [1.165, 1.54) is 0 Å². The second-order valence-corrected chi connectivity index (χ2v) is 7.52. The second-order valence-electron chi connectivity index (χ2n) is 7.52. The van der Waals surface area contributed by atoms with Crippen molar-refractivity contribution in [1.29, 1.82) is 0 Å². The van der Waals surface area contributed by atoms with Crippen molar-refractivity contribution in [2.24, 2.45) is 10.9 Å². The van der Waals surface area contributed by atoms with Crippen LogP contribution in [0.3, 0.4) is 0 Å². The molecule has 1 heterocycles. The zero-order valence-corrected chi connectivity index (χ0v) is 15.9. The average molecular weight is 328 g/mol. The van der Waals surface area contributed by atoms with Gasteiger partial charge in [0.25, 0.3) is 0 Å². The van der Waals surface area contributed by atoms with Crippen molar-refractivity contribution in [3.63, 3.8) is 0 Å². The summed E-state index contributed by atoms with van der Waals surface area (Å²) in [6.45, 7) is 17.5. The molecule has 136 valence electrons. The molecule has 1 saturated heterocycles. The van der Waals surface area contributed by atoms with E-state index in [4.69, 9.17) is 4.74 Å². The fraction of sp³-hybridized carbons (Fsp3) is 0.941. The monoisotopic (exact) mass is 327 g/mol. The number of rotatable bonds is 7. The first-order chi connectivity index (χ1) is 10.8. The molecule has 0 radical (unpaired) electrons. The highest BCUT2D eigenvalue weighted by Crippen LogP contribution is 2.12. The van der Waals surface area contributed by atoms with Crippen molar-refractivity contribution in [3.05, 3.63) is 0 Å². The molecule has 1 rings (SSSR count). The van der Waals surface area contributed by atoms with Crippen LogP contribution in [-0.2, 0) is 4.74 Å². The first kappa shape index (κ1) is 20.2. The maximum Gasteiger partial charge on any atom is 0.191 e. The summed E-state index contributed by atoms with van der Waals surface area (Å²) < 4.78 is 5.46. The SMILES string of the molecule is CN=C(NCCNC(C)(C)C)NCC(C(C)C)N1CCOCC1. The average Bonchev–Trinajstić information content (AvgIpc) is 2.49. The lowest BCUT2D eigenvalue weighted by Gasteiger charge is -2.37. The minimum atomic E-state index is 0.150. The van der Waals surface area contributed by atoms with Gasteiger partial charge in [-0.15, -0.1) is 0 Å². The van der Waals surface area contributed by atoms with Gasteiger partial charge in [-0.3, -0.25) is 9.89 Å². The van der Waals surface area contributed by atoms with Gasteiger partial charge in [0.15, 0.2) is 5.96 Å². The molecule has 0 aromatic heterocycles. The van der Waals surface area contributed by atoms with Crippen LogP contribution in [0.4, 0.5) is 0 Å². The zero-order chi connectivity index (χ0) is 17.3. The molecule has 1 unspecified atom stereocenters. The summed E-state index contributed by atoms with van der Waals surface area (Å²) in [5.74, 6) is 1.47. The molecule has 1 aliphatic heterocycles. The van der Waals surface area contributed by atoms with Crippen LogP contribution < -0.4 is 16.0 Å². The topological polar surface area (TPSA) is 60.9 Å². The van der Waals surface area contributed by atoms with E-state index in [1.54, 1.807) is 0 Å². The third kappa shape index (κ3) is 8.53. The number of nitrogens with zero attached hydrogens (tertiary/aromatic N) is 2. The summed E-state index contributed by atoms with van der Waals surface area (Å²) in [4.78, 5) is 6.85. The van der Waals surface area contributed by atoms with Crippen LogP contribution in [-0.4, -0.2) is 75.4 Å². The van der Waals surface area contributed by atoms with E-state index in [0.717, 1.165) is 51.9 Å². The van der Waals surface area contributed by atoms with E-state index in [9.17, 15) is 0 Å². The predicted octanol–water partition coefficient (Wildman–Crippen LogP) is 0.896. The Bertz CT molecular complexity index is 345. The fourth-order valence-electron chi connectivity index (χ4n) is 2.74. The van der Waals surface area contributed by atoms with Gasteiger partial charge in [0, 0.05) is 51.4 Å². The lowest BCUT2D eigenvalue weighted by Crippen LogP contribution is -2.53. The summed E-state index contributed by atoms with van der Waals surface area (Å²) in [6.07, 6.45) is 0. The van der Waals surface area contributed by atoms with Crippen molar-refractivity contribution >= 4 is 5.96 Å². The van der Waals surface area contributed by atoms with Gasteiger partial charge in [-0.1, -0.05) is 13.8 Å². The summed E-state index contributed by atoms with van der Waals surface area (Å²) in [5, 5.41) is 10.3. The molecular formula is C17H37N5O. The van der Waals surface area contributed by atoms with Gasteiger partial charge in [0.05, 0.1) is 13.2 Å². The van der Waals surface area contributed by atoms with Gasteiger partial charge in [0.1, 0.15) is 0 Å². The van der Waals surface area contributed by atoms with E-state index in [1.807, 2.05) is 7.05 Å². The molecule has 1 aliphatic rings. The third-order valence-electron chi connectivity index (χ3n) is 4.06. The van der Waals surface area contributed by atoms with Gasteiger partial charge in [-0.2, -0.15) is 0 Å². The van der Waals surface area contributed by atoms with E-state index < -0.39 is 0 Å². The van der Waals surface area contributed by atoms with Crippen molar-refractivity contribution in [2.75, 3.05) is 53.0 Å². The molecule has 0 bridgehead atoms. The molecular weight excluding hydrogens is 290 g/mol. The van der Waals surface area contributed by atoms with Gasteiger partial charge in [-0.25, -0.2) is 0 Å². The van der Waals surface area contributed by atoms with E-state index in [-0.39, 0.29) is 5.54 Å². The van der Waals surface area contributed by atoms with Gasteiger partial charge in [-0.05, 0) is 26.7 Å². The van der Waals surface area contributed by atoms with Gasteiger partial charge < -0.3 is 20.7 Å². The minimum Gasteiger partial charge on any atom is -0.379 e. The lowest BCUT2D eigenvalue weighted by molar-refractivity contribution is 0.00752. The lowest BCUT2D eigenvalue weighted by atomic mass is 10.0. The molecule has 0 aromatic rings. The Balaban J connectivity index is 2.35. The number of nitrogens with one attached hydrogen (secondary N) is 3. The van der Waals surface area contributed by atoms with Crippen LogP contribution in [0.25, 0.3) is 0 Å². The number of hydrogen-bond acceptors (Lipinski definition) is 4. The van der Waals surface area contributed by atoms with Crippen LogP contribution in [0, 0.1) is 5.92 Å². The Kier molecular flexibility index (Phi) is 8.87. The first-order valence-corrected chi connectivity index (χ1v) is 8.85. The maximum absolute atomic E-state index is 5.46. The normalized spacial score (nSPS) is 19.0. The number of ether oxygens (including phenoxy) is 1. The van der Waals surface area contributed by atoms with Crippen LogP contribution in [0.15, 0.2) is 4.99 Å². The second kappa shape index (κ2) is 10.1. The molecule has 6 nitrogen and oxygen atoms in total. The molecule has 6 heteroatoms. The van der Waals surface area contributed by atoms with Crippen molar-refractivity contribution < 1.29 is 4.74 Å². The standard InChI is InChI=1S/C17H37N5O/c1-14(2)15(22-9-11-23-12-10-22)13-20-16(18-6)19-7-8-21-17(3,4)5/h14-15,21H,7-13H2,1-6H3,(H2,18,19,20). The Morgan fingerprint density at radius 2 is 1.78 bits per heavy atom. The largest absolute Gasteiger partial charge is 0.379 e. The maximum atomic E-state index is 5.46. The van der Waals surface area contributed by atoms with E-state index >= 15 is 0 Å². The molecule has 0 spiro atoms. The Labute approximate surface area is 142 Å². The Morgan fingerprint density at radius 1 is 1.13 bits per heavy atom. The highest BCUT2D eigenvalue weighted by molar-refractivity contribution is 5.79. The molecule has 0 aromatic carbocycles. The minimum absolute atomic E-state index is 0.150. The molecule has 3 N–H and O–H groups in total. The first-order valence-electron chi connectivity index (χ1n) is 8.85. The van der Waals surface area contributed by atoms with Crippen LogP contribution in [0.1, 0.15) is 34.6 Å². The van der Waals surface area contributed by atoms with E-state index in [2.05, 4.69) is 60.5 Å². The highest BCUT2D eigenvalue weighted by atomic mass is 16.5. The predicted molar refractivity (Wildman–Crippen MR) is 98.1 cm³/mol. The number of hydrogen-bond donors (Lipinski definition) is 3. The zero-order valence-electron chi connectivity index (χ0n) is 15.9. The molecule has 23 heavy (non-hydrogen) atoms. The highest BCUT2D eigenvalue weighted by Gasteiger charge is 2.23. The molecule has 1 atom stereocenters. The number of guanidine groups is 1. The summed E-state index contributed by atoms with van der Waals surface area (Å²) in [7, 11) is 1.83. The quantitative estimate of drug-likeness (QED) is 0.368. The van der Waals surface area contributed by atoms with Crippen LogP contribution >= 0.6 is 0 Å². The number of aliphatic imine (C=N–C) groups is 1. The summed E-state index contributed by atoms with van der Waals surface area (Å²) >= 11 is 0. The van der Waals surface area contributed by atoms with E-state index in [0.29, 0.717) is 12.0 Å². The summed E-state index contributed by atoms with van der Waals surface area (Å²) in [6, 6.07) is 0.505. The Morgan fingerprint density at radius 3 is 2.30 bits per heavy atom. The smallest absolute Gasteiger partial charge is 0.191 e.